The summed E-state index contributed by atoms with van der Waals surface area (Å²) in [5.41, 5.74) is 3.63. The predicted octanol–water partition coefficient (Wildman–Crippen LogP) is 6.75. The van der Waals surface area contributed by atoms with E-state index in [-0.39, 0.29) is 5.91 Å². The highest BCUT2D eigenvalue weighted by atomic mass is 32.1. The Morgan fingerprint density at radius 3 is 2.77 bits per heavy atom. The van der Waals surface area contributed by atoms with Crippen LogP contribution in [0.2, 0.25) is 0 Å². The van der Waals surface area contributed by atoms with Crippen molar-refractivity contribution in [3.63, 3.8) is 0 Å². The number of aromatic nitrogens is 3. The van der Waals surface area contributed by atoms with E-state index in [1.165, 1.54) is 17.8 Å². The lowest BCUT2D eigenvalue weighted by atomic mass is 9.96. The zero-order chi connectivity index (χ0) is 23.8. The van der Waals surface area contributed by atoms with Gasteiger partial charge in [-0.05, 0) is 62.1 Å². The van der Waals surface area contributed by atoms with E-state index in [9.17, 15) is 4.79 Å². The molecule has 7 nitrogen and oxygen atoms in total. The highest BCUT2D eigenvalue weighted by Crippen LogP contribution is 2.35. The zero-order valence-corrected chi connectivity index (χ0v) is 20.7. The van der Waals surface area contributed by atoms with Crippen LogP contribution in [-0.4, -0.2) is 26.4 Å². The number of anilines is 3. The number of imidazole rings is 1. The number of fused-ring (bicyclic) bond motifs is 1. The molecule has 0 atom stereocenters. The van der Waals surface area contributed by atoms with Gasteiger partial charge in [-0.25, -0.2) is 9.97 Å². The quantitative estimate of drug-likeness (QED) is 0.258. The van der Waals surface area contributed by atoms with Crippen molar-refractivity contribution in [1.82, 2.24) is 14.4 Å². The normalized spacial score (nSPS) is 13.5. The maximum Gasteiger partial charge on any atom is 0.265 e. The molecule has 1 amide bonds. The first-order valence-corrected chi connectivity index (χ1v) is 13.1. The molecule has 1 aliphatic carbocycles. The maximum atomic E-state index is 12.7. The van der Waals surface area contributed by atoms with Gasteiger partial charge in [-0.1, -0.05) is 29.5 Å². The minimum Gasteiger partial charge on any atom is -0.487 e. The van der Waals surface area contributed by atoms with Gasteiger partial charge in [0, 0.05) is 18.1 Å². The molecule has 0 aliphatic heterocycles. The SMILES string of the molecule is Cc1ccccc1NC(=O)c1ccc(Nc2ncc(-c3cnc4c(OC5CCC5)cccn34)s2)s1. The van der Waals surface area contributed by atoms with Crippen LogP contribution < -0.4 is 15.4 Å². The van der Waals surface area contributed by atoms with Crippen molar-refractivity contribution < 1.29 is 9.53 Å². The lowest BCUT2D eigenvalue weighted by Gasteiger charge is -2.26. The van der Waals surface area contributed by atoms with Gasteiger partial charge in [0.2, 0.25) is 0 Å². The van der Waals surface area contributed by atoms with Crippen molar-refractivity contribution in [1.29, 1.82) is 0 Å². The molecular weight excluding hydrogens is 478 g/mol. The van der Waals surface area contributed by atoms with Crippen LogP contribution in [0.5, 0.6) is 5.75 Å². The van der Waals surface area contributed by atoms with Crippen molar-refractivity contribution >= 4 is 50.0 Å². The molecule has 1 saturated carbocycles. The van der Waals surface area contributed by atoms with Gasteiger partial charge in [-0.3, -0.25) is 9.20 Å². The number of ether oxygens (including phenoxy) is 1. The number of para-hydroxylation sites is 1. The molecule has 176 valence electrons. The second-order valence-corrected chi connectivity index (χ2v) is 10.6. The molecule has 6 rings (SSSR count). The van der Waals surface area contributed by atoms with Crippen molar-refractivity contribution in [2.24, 2.45) is 0 Å². The summed E-state index contributed by atoms with van der Waals surface area (Å²) >= 11 is 2.94. The second-order valence-electron chi connectivity index (χ2n) is 8.47. The first kappa shape index (κ1) is 21.8. The van der Waals surface area contributed by atoms with Crippen LogP contribution in [0, 0.1) is 6.92 Å². The highest BCUT2D eigenvalue weighted by molar-refractivity contribution is 7.20. The fourth-order valence-electron chi connectivity index (χ4n) is 3.91. The minimum atomic E-state index is -0.122. The molecule has 9 heteroatoms. The zero-order valence-electron chi connectivity index (χ0n) is 19.0. The topological polar surface area (TPSA) is 80.5 Å². The van der Waals surface area contributed by atoms with Crippen molar-refractivity contribution in [3.8, 4) is 16.3 Å². The summed E-state index contributed by atoms with van der Waals surface area (Å²) < 4.78 is 8.17. The second kappa shape index (κ2) is 9.16. The van der Waals surface area contributed by atoms with Gasteiger partial charge < -0.3 is 15.4 Å². The molecule has 4 heterocycles. The molecule has 0 spiro atoms. The van der Waals surface area contributed by atoms with Gasteiger partial charge in [0.05, 0.1) is 32.8 Å². The molecule has 1 aliphatic rings. The summed E-state index contributed by atoms with van der Waals surface area (Å²) in [7, 11) is 0. The van der Waals surface area contributed by atoms with E-state index in [2.05, 4.69) is 20.6 Å². The number of pyridine rings is 1. The number of carbonyl (C=O) groups excluding carboxylic acids is 1. The van der Waals surface area contributed by atoms with Crippen LogP contribution in [0.3, 0.4) is 0 Å². The summed E-state index contributed by atoms with van der Waals surface area (Å²) in [6.07, 6.45) is 9.45. The van der Waals surface area contributed by atoms with Crippen LogP contribution in [0.25, 0.3) is 16.2 Å². The number of hydrogen-bond acceptors (Lipinski definition) is 7. The van der Waals surface area contributed by atoms with Gasteiger partial charge in [0.25, 0.3) is 5.91 Å². The Labute approximate surface area is 210 Å². The standard InChI is InChI=1S/C26H23N5O2S2/c1-16-6-2-3-9-18(16)29-25(32)21-11-12-23(34-21)30-26-28-15-22(35-26)19-14-27-24-20(10-5-13-31(19)24)33-17-7-4-8-17/h2-3,5-6,9-15,17H,4,7-8H2,1H3,(H,28,30)(H,29,32). The average Bonchev–Trinajstić information content (AvgIpc) is 3.58. The average molecular weight is 502 g/mol. The first-order chi connectivity index (χ1) is 17.1. The highest BCUT2D eigenvalue weighted by Gasteiger charge is 2.21. The van der Waals surface area contributed by atoms with E-state index in [1.807, 2.05) is 78.4 Å². The fraction of sp³-hybridized carbons (Fsp3) is 0.192. The number of nitrogens with one attached hydrogen (secondary N) is 2. The Hall–Kier alpha value is -3.69. The van der Waals surface area contributed by atoms with Gasteiger partial charge in [-0.2, -0.15) is 0 Å². The molecule has 5 aromatic rings. The number of thiophene rings is 1. The molecule has 1 fully saturated rings. The van der Waals surface area contributed by atoms with Crippen molar-refractivity contribution in [3.05, 3.63) is 77.6 Å². The molecule has 0 bridgehead atoms. The molecule has 4 aromatic heterocycles. The van der Waals surface area contributed by atoms with Gasteiger partial charge >= 0.3 is 0 Å². The number of thiazole rings is 1. The van der Waals surface area contributed by atoms with Crippen LogP contribution >= 0.6 is 22.7 Å². The van der Waals surface area contributed by atoms with E-state index >= 15 is 0 Å². The molecule has 1 aromatic carbocycles. The summed E-state index contributed by atoms with van der Waals surface area (Å²) in [6.45, 7) is 1.98. The van der Waals surface area contributed by atoms with E-state index in [4.69, 9.17) is 4.74 Å². The number of benzene rings is 1. The third-order valence-electron chi connectivity index (χ3n) is 6.06. The maximum absolute atomic E-state index is 12.7. The van der Waals surface area contributed by atoms with E-state index in [1.54, 1.807) is 11.3 Å². The van der Waals surface area contributed by atoms with Crippen molar-refractivity contribution in [2.45, 2.75) is 32.3 Å². The van der Waals surface area contributed by atoms with Gasteiger partial charge in [0.1, 0.15) is 0 Å². The third kappa shape index (κ3) is 4.40. The van der Waals surface area contributed by atoms with Crippen LogP contribution in [-0.2, 0) is 0 Å². The Kier molecular flexibility index (Phi) is 5.71. The Morgan fingerprint density at radius 1 is 1.06 bits per heavy atom. The Balaban J connectivity index is 1.17. The first-order valence-electron chi connectivity index (χ1n) is 11.5. The number of rotatable bonds is 7. The number of aryl methyl sites for hydroxylation is 1. The molecule has 0 radical (unpaired) electrons. The predicted molar refractivity (Wildman–Crippen MR) is 141 cm³/mol. The third-order valence-corrected chi connectivity index (χ3v) is 7.99. The molecule has 0 unspecified atom stereocenters. The number of hydrogen-bond donors (Lipinski definition) is 2. The summed E-state index contributed by atoms with van der Waals surface area (Å²) in [6, 6.07) is 15.4. The molecule has 0 saturated heterocycles. The van der Waals surface area contributed by atoms with Crippen LogP contribution in [0.1, 0.15) is 34.5 Å². The minimum absolute atomic E-state index is 0.122. The van der Waals surface area contributed by atoms with Crippen molar-refractivity contribution in [2.75, 3.05) is 10.6 Å². The van der Waals surface area contributed by atoms with E-state index < -0.39 is 0 Å². The fourth-order valence-corrected chi connectivity index (χ4v) is 5.61. The summed E-state index contributed by atoms with van der Waals surface area (Å²) in [5, 5.41) is 7.92. The molecular formula is C26H23N5O2S2. The number of amides is 1. The van der Waals surface area contributed by atoms with Crippen LogP contribution in [0.4, 0.5) is 15.8 Å². The largest absolute Gasteiger partial charge is 0.487 e. The monoisotopic (exact) mass is 501 g/mol. The Bertz CT molecular complexity index is 1520. The van der Waals surface area contributed by atoms with Gasteiger partial charge in [-0.15, -0.1) is 11.3 Å². The van der Waals surface area contributed by atoms with E-state index in [0.29, 0.717) is 11.0 Å². The lowest BCUT2D eigenvalue weighted by Crippen LogP contribution is -2.24. The van der Waals surface area contributed by atoms with Gasteiger partial charge in [0.15, 0.2) is 16.5 Å². The lowest BCUT2D eigenvalue weighted by molar-refractivity contribution is 0.103. The molecule has 2 N–H and O–H groups in total. The summed E-state index contributed by atoms with van der Waals surface area (Å²) in [5.74, 6) is 0.698. The number of carbonyl (C=O) groups is 1. The molecule has 35 heavy (non-hydrogen) atoms. The smallest absolute Gasteiger partial charge is 0.265 e. The Morgan fingerprint density at radius 2 is 1.94 bits per heavy atom. The van der Waals surface area contributed by atoms with Crippen LogP contribution in [0.15, 0.2) is 67.1 Å². The number of nitrogens with zero attached hydrogens (tertiary/aromatic N) is 3. The summed E-state index contributed by atoms with van der Waals surface area (Å²) in [4.78, 5) is 23.5. The van der Waals surface area contributed by atoms with E-state index in [0.717, 1.165) is 56.2 Å².